The van der Waals surface area contributed by atoms with Gasteiger partial charge in [-0.15, -0.1) is 5.10 Å². The highest BCUT2D eigenvalue weighted by Gasteiger charge is 2.34. The van der Waals surface area contributed by atoms with Gasteiger partial charge in [0.1, 0.15) is 10.7 Å². The number of hydrogen-bond donors (Lipinski definition) is 1. The van der Waals surface area contributed by atoms with Gasteiger partial charge >= 0.3 is 0 Å². The molecule has 2 aliphatic heterocycles. The van der Waals surface area contributed by atoms with E-state index < -0.39 is 0 Å². The fraction of sp³-hybridized carbons (Fsp3) is 0.857. The highest BCUT2D eigenvalue weighted by atomic mass is 32.1. The molecule has 2 unspecified atom stereocenters. The summed E-state index contributed by atoms with van der Waals surface area (Å²) in [5, 5.41) is 8.93. The molecule has 5 nitrogen and oxygen atoms in total. The Labute approximate surface area is 125 Å². The van der Waals surface area contributed by atoms with Gasteiger partial charge in [0.2, 0.25) is 0 Å². The zero-order valence-electron chi connectivity index (χ0n) is 12.5. The smallest absolute Gasteiger partial charge is 0.134 e. The highest BCUT2D eigenvalue weighted by Crippen LogP contribution is 2.29. The summed E-state index contributed by atoms with van der Waals surface area (Å²) in [6.07, 6.45) is 5.17. The van der Waals surface area contributed by atoms with Crippen molar-refractivity contribution in [3.8, 4) is 0 Å². The number of hydrogen-bond acceptors (Lipinski definition) is 6. The van der Waals surface area contributed by atoms with Crippen molar-refractivity contribution in [2.45, 2.75) is 51.2 Å². The average molecular weight is 295 g/mol. The molecule has 112 valence electrons. The third-order valence-electron chi connectivity index (χ3n) is 4.70. The van der Waals surface area contributed by atoms with E-state index in [-0.39, 0.29) is 0 Å². The van der Waals surface area contributed by atoms with Crippen LogP contribution < -0.4 is 5.32 Å². The van der Waals surface area contributed by atoms with E-state index in [0.29, 0.717) is 0 Å². The Bertz CT molecular complexity index is 435. The first-order valence-electron chi connectivity index (χ1n) is 7.77. The molecule has 20 heavy (non-hydrogen) atoms. The second-order valence-corrected chi connectivity index (χ2v) is 6.80. The van der Waals surface area contributed by atoms with Gasteiger partial charge in [0.25, 0.3) is 0 Å². The lowest BCUT2D eigenvalue weighted by molar-refractivity contribution is 0.213. The number of anilines is 1. The lowest BCUT2D eigenvalue weighted by atomic mass is 10.1. The van der Waals surface area contributed by atoms with Crippen molar-refractivity contribution in [3.05, 3.63) is 5.69 Å². The maximum atomic E-state index is 4.33. The Balaban J connectivity index is 1.62. The Morgan fingerprint density at radius 2 is 2.15 bits per heavy atom. The standard InChI is InChI=1S/C14H25N5S/c1-3-7-15-14-13(16-17-20-14)10-19-8-6-11-4-5-12(9-19)18(11)2/h11-12,15H,3-10H2,1-2H3. The molecule has 2 saturated heterocycles. The first-order chi connectivity index (χ1) is 9.78. The molecule has 0 amide bonds. The number of likely N-dealkylation sites (N-methyl/N-ethyl adjacent to an activating group) is 1. The highest BCUT2D eigenvalue weighted by molar-refractivity contribution is 7.10. The van der Waals surface area contributed by atoms with E-state index in [9.17, 15) is 0 Å². The minimum absolute atomic E-state index is 0.737. The van der Waals surface area contributed by atoms with Gasteiger partial charge in [-0.3, -0.25) is 9.80 Å². The van der Waals surface area contributed by atoms with Gasteiger partial charge in [0.15, 0.2) is 0 Å². The van der Waals surface area contributed by atoms with Crippen LogP contribution in [-0.2, 0) is 6.54 Å². The molecule has 0 radical (unpaired) electrons. The maximum Gasteiger partial charge on any atom is 0.134 e. The van der Waals surface area contributed by atoms with Crippen molar-refractivity contribution >= 4 is 16.5 Å². The largest absolute Gasteiger partial charge is 0.374 e. The van der Waals surface area contributed by atoms with Gasteiger partial charge in [-0.05, 0) is 32.7 Å². The summed E-state index contributed by atoms with van der Waals surface area (Å²) >= 11 is 1.49. The summed E-state index contributed by atoms with van der Waals surface area (Å²) in [6, 6.07) is 1.54. The Morgan fingerprint density at radius 1 is 1.30 bits per heavy atom. The Hall–Kier alpha value is -0.720. The van der Waals surface area contributed by atoms with Crippen molar-refractivity contribution in [1.82, 2.24) is 19.4 Å². The van der Waals surface area contributed by atoms with Crippen LogP contribution in [0, 0.1) is 0 Å². The van der Waals surface area contributed by atoms with E-state index in [2.05, 4.69) is 38.7 Å². The molecule has 0 aliphatic carbocycles. The zero-order valence-corrected chi connectivity index (χ0v) is 13.3. The first kappa shape index (κ1) is 14.2. The summed E-state index contributed by atoms with van der Waals surface area (Å²) in [5.74, 6) is 0. The number of likely N-dealkylation sites (tertiary alicyclic amines) is 1. The zero-order chi connectivity index (χ0) is 13.9. The molecule has 1 aromatic heterocycles. The minimum Gasteiger partial charge on any atom is -0.374 e. The molecule has 2 aliphatic rings. The summed E-state index contributed by atoms with van der Waals surface area (Å²) in [4.78, 5) is 5.16. The van der Waals surface area contributed by atoms with E-state index in [4.69, 9.17) is 0 Å². The maximum absolute atomic E-state index is 4.33. The van der Waals surface area contributed by atoms with Crippen LogP contribution in [0.4, 0.5) is 5.00 Å². The molecular weight excluding hydrogens is 270 g/mol. The van der Waals surface area contributed by atoms with E-state index >= 15 is 0 Å². The molecule has 2 bridgehead atoms. The van der Waals surface area contributed by atoms with Crippen LogP contribution >= 0.6 is 11.5 Å². The fourth-order valence-electron chi connectivity index (χ4n) is 3.42. The van der Waals surface area contributed by atoms with Crippen LogP contribution in [0.15, 0.2) is 0 Å². The molecule has 6 heteroatoms. The topological polar surface area (TPSA) is 44.3 Å². The second-order valence-electron chi connectivity index (χ2n) is 6.05. The first-order valence-corrected chi connectivity index (χ1v) is 8.54. The monoisotopic (exact) mass is 295 g/mol. The van der Waals surface area contributed by atoms with Gasteiger partial charge in [-0.2, -0.15) is 0 Å². The number of fused-ring (bicyclic) bond motifs is 2. The van der Waals surface area contributed by atoms with Crippen LogP contribution in [-0.4, -0.2) is 58.2 Å². The molecule has 1 N–H and O–H groups in total. The molecule has 0 saturated carbocycles. The minimum atomic E-state index is 0.737. The molecule has 0 aromatic carbocycles. The van der Waals surface area contributed by atoms with E-state index in [1.165, 1.54) is 43.9 Å². The van der Waals surface area contributed by atoms with Crippen LogP contribution in [0.2, 0.25) is 0 Å². The van der Waals surface area contributed by atoms with E-state index in [1.807, 2.05) is 0 Å². The van der Waals surface area contributed by atoms with Crippen molar-refractivity contribution in [2.75, 3.05) is 32.0 Å². The number of nitrogens with zero attached hydrogens (tertiary/aromatic N) is 4. The van der Waals surface area contributed by atoms with Crippen molar-refractivity contribution in [2.24, 2.45) is 0 Å². The average Bonchev–Trinajstić information content (AvgIpc) is 2.96. The van der Waals surface area contributed by atoms with Crippen LogP contribution in [0.1, 0.15) is 38.3 Å². The van der Waals surface area contributed by atoms with E-state index in [1.54, 1.807) is 0 Å². The third-order valence-corrected chi connectivity index (χ3v) is 5.42. The lowest BCUT2D eigenvalue weighted by Gasteiger charge is -2.25. The van der Waals surface area contributed by atoms with Gasteiger partial charge in [0, 0.05) is 49.8 Å². The summed E-state index contributed by atoms with van der Waals surface area (Å²) in [5.41, 5.74) is 1.13. The van der Waals surface area contributed by atoms with Gasteiger partial charge in [-0.1, -0.05) is 11.4 Å². The molecule has 1 aromatic rings. The van der Waals surface area contributed by atoms with Crippen LogP contribution in [0.25, 0.3) is 0 Å². The molecule has 2 atom stereocenters. The second kappa shape index (κ2) is 6.37. The van der Waals surface area contributed by atoms with Gasteiger partial charge in [0.05, 0.1) is 0 Å². The van der Waals surface area contributed by atoms with Gasteiger partial charge in [-0.25, -0.2) is 0 Å². The Morgan fingerprint density at radius 3 is 3.00 bits per heavy atom. The number of aromatic nitrogens is 2. The predicted molar refractivity (Wildman–Crippen MR) is 83.2 cm³/mol. The number of nitrogens with one attached hydrogen (secondary N) is 1. The summed E-state index contributed by atoms with van der Waals surface area (Å²) in [6.45, 7) is 6.50. The lowest BCUT2D eigenvalue weighted by Crippen LogP contribution is -2.36. The van der Waals surface area contributed by atoms with Crippen molar-refractivity contribution in [1.29, 1.82) is 0 Å². The normalized spacial score (nSPS) is 27.7. The predicted octanol–water partition coefficient (Wildman–Crippen LogP) is 2.03. The summed E-state index contributed by atoms with van der Waals surface area (Å²) in [7, 11) is 2.30. The van der Waals surface area contributed by atoms with Crippen molar-refractivity contribution in [3.63, 3.8) is 0 Å². The Kier molecular flexibility index (Phi) is 4.53. The SMILES string of the molecule is CCCNc1snnc1CN1CCC2CCC(C1)N2C. The van der Waals surface area contributed by atoms with E-state index in [0.717, 1.165) is 42.3 Å². The number of rotatable bonds is 5. The molecule has 0 spiro atoms. The molecule has 3 heterocycles. The molecular formula is C14H25N5S. The fourth-order valence-corrected chi connectivity index (χ4v) is 4.02. The van der Waals surface area contributed by atoms with Crippen LogP contribution in [0.3, 0.4) is 0 Å². The van der Waals surface area contributed by atoms with Gasteiger partial charge < -0.3 is 5.32 Å². The van der Waals surface area contributed by atoms with Crippen molar-refractivity contribution < 1.29 is 0 Å². The quantitative estimate of drug-likeness (QED) is 0.900. The summed E-state index contributed by atoms with van der Waals surface area (Å²) < 4.78 is 4.12. The third kappa shape index (κ3) is 2.97. The molecule has 2 fully saturated rings. The van der Waals surface area contributed by atoms with Crippen LogP contribution in [0.5, 0.6) is 0 Å². The molecule has 3 rings (SSSR count).